The maximum absolute atomic E-state index is 4.22. The quantitative estimate of drug-likeness (QED) is 0.802. The summed E-state index contributed by atoms with van der Waals surface area (Å²) in [5.41, 5.74) is 2.32. The highest BCUT2D eigenvalue weighted by atomic mass is 32.2. The third-order valence-corrected chi connectivity index (χ3v) is 3.33. The molecule has 0 saturated carbocycles. The lowest BCUT2D eigenvalue weighted by Crippen LogP contribution is -2.32. The van der Waals surface area contributed by atoms with Crippen LogP contribution in [0, 0.1) is 0 Å². The van der Waals surface area contributed by atoms with E-state index in [9.17, 15) is 0 Å². The van der Waals surface area contributed by atoms with Gasteiger partial charge in [0.1, 0.15) is 0 Å². The van der Waals surface area contributed by atoms with Crippen LogP contribution in [0.4, 0.5) is 11.4 Å². The van der Waals surface area contributed by atoms with Crippen molar-refractivity contribution in [1.29, 1.82) is 0 Å². The highest BCUT2D eigenvalue weighted by molar-refractivity contribution is 7.99. The van der Waals surface area contributed by atoms with E-state index in [1.807, 2.05) is 31.2 Å². The fourth-order valence-electron chi connectivity index (χ4n) is 1.56. The van der Waals surface area contributed by atoms with Gasteiger partial charge < -0.3 is 10.2 Å². The molecule has 76 valence electrons. The highest BCUT2D eigenvalue weighted by Gasteiger charge is 2.11. The standard InChI is InChI=1S/C10H15N3S/c1-11-9-6-10(8-12-7-9)13-2-4-14-5-3-13/h6-8,11H,2-5H2,1H3. The summed E-state index contributed by atoms with van der Waals surface area (Å²) in [4.78, 5) is 6.61. The summed E-state index contributed by atoms with van der Waals surface area (Å²) in [5, 5.41) is 3.11. The summed E-state index contributed by atoms with van der Waals surface area (Å²) in [5.74, 6) is 2.45. The zero-order chi connectivity index (χ0) is 9.80. The minimum absolute atomic E-state index is 1.08. The Morgan fingerprint density at radius 2 is 2.14 bits per heavy atom. The third kappa shape index (κ3) is 2.12. The van der Waals surface area contributed by atoms with Crippen molar-refractivity contribution in [1.82, 2.24) is 4.98 Å². The highest BCUT2D eigenvalue weighted by Crippen LogP contribution is 2.20. The molecule has 0 radical (unpaired) electrons. The lowest BCUT2D eigenvalue weighted by atomic mass is 10.3. The average molecular weight is 209 g/mol. The van der Waals surface area contributed by atoms with E-state index >= 15 is 0 Å². The summed E-state index contributed by atoms with van der Waals surface area (Å²) in [6.45, 7) is 2.28. The fraction of sp³-hybridized carbons (Fsp3) is 0.500. The summed E-state index contributed by atoms with van der Waals surface area (Å²) in [7, 11) is 1.92. The number of pyridine rings is 1. The van der Waals surface area contributed by atoms with Gasteiger partial charge in [0, 0.05) is 31.6 Å². The molecule has 1 aromatic rings. The van der Waals surface area contributed by atoms with Crippen LogP contribution in [-0.2, 0) is 0 Å². The Morgan fingerprint density at radius 1 is 1.36 bits per heavy atom. The normalized spacial score (nSPS) is 16.8. The van der Waals surface area contributed by atoms with Crippen LogP contribution >= 0.6 is 11.8 Å². The van der Waals surface area contributed by atoms with Crippen molar-refractivity contribution in [3.8, 4) is 0 Å². The first-order valence-corrected chi connectivity index (χ1v) is 6.01. The average Bonchev–Trinajstić information content (AvgIpc) is 2.30. The summed E-state index contributed by atoms with van der Waals surface area (Å²) in [6.07, 6.45) is 3.79. The molecule has 14 heavy (non-hydrogen) atoms. The van der Waals surface area contributed by atoms with Gasteiger partial charge in [-0.15, -0.1) is 0 Å². The van der Waals surface area contributed by atoms with Crippen LogP contribution in [0.3, 0.4) is 0 Å². The van der Waals surface area contributed by atoms with Gasteiger partial charge in [0.25, 0.3) is 0 Å². The van der Waals surface area contributed by atoms with E-state index in [1.54, 1.807) is 0 Å². The molecule has 0 amide bonds. The van der Waals surface area contributed by atoms with Gasteiger partial charge in [-0.05, 0) is 6.07 Å². The van der Waals surface area contributed by atoms with Crippen molar-refractivity contribution < 1.29 is 0 Å². The molecule has 1 N–H and O–H groups in total. The largest absolute Gasteiger partial charge is 0.387 e. The van der Waals surface area contributed by atoms with Gasteiger partial charge in [0.15, 0.2) is 0 Å². The van der Waals surface area contributed by atoms with Gasteiger partial charge >= 0.3 is 0 Å². The maximum atomic E-state index is 4.22. The minimum atomic E-state index is 1.08. The first-order valence-electron chi connectivity index (χ1n) is 4.85. The van der Waals surface area contributed by atoms with E-state index in [0.717, 1.165) is 18.8 Å². The van der Waals surface area contributed by atoms with E-state index in [-0.39, 0.29) is 0 Å². The Hall–Kier alpha value is -0.900. The van der Waals surface area contributed by atoms with Crippen LogP contribution in [0.15, 0.2) is 18.5 Å². The molecule has 2 heterocycles. The lowest BCUT2D eigenvalue weighted by Gasteiger charge is -2.28. The number of hydrogen-bond donors (Lipinski definition) is 1. The molecular formula is C10H15N3S. The zero-order valence-corrected chi connectivity index (χ0v) is 9.18. The van der Waals surface area contributed by atoms with Crippen LogP contribution in [0.5, 0.6) is 0 Å². The van der Waals surface area contributed by atoms with Crippen LogP contribution in [0.25, 0.3) is 0 Å². The molecule has 0 bridgehead atoms. The number of rotatable bonds is 2. The molecule has 1 aromatic heterocycles. The van der Waals surface area contributed by atoms with Crippen LogP contribution in [0.1, 0.15) is 0 Å². The van der Waals surface area contributed by atoms with E-state index in [1.165, 1.54) is 17.2 Å². The van der Waals surface area contributed by atoms with E-state index in [2.05, 4.69) is 21.3 Å². The zero-order valence-electron chi connectivity index (χ0n) is 8.36. The molecule has 1 aliphatic heterocycles. The second-order valence-corrected chi connectivity index (χ2v) is 4.51. The van der Waals surface area contributed by atoms with Crippen molar-refractivity contribution in [2.24, 2.45) is 0 Å². The van der Waals surface area contributed by atoms with Gasteiger partial charge in [0.05, 0.1) is 23.8 Å². The van der Waals surface area contributed by atoms with Gasteiger partial charge in [0.2, 0.25) is 0 Å². The van der Waals surface area contributed by atoms with Crippen molar-refractivity contribution in [2.75, 3.05) is 41.9 Å². The summed E-state index contributed by atoms with van der Waals surface area (Å²) < 4.78 is 0. The number of anilines is 2. The van der Waals surface area contributed by atoms with Crippen LogP contribution in [-0.4, -0.2) is 36.6 Å². The Kier molecular flexibility index (Phi) is 3.14. The van der Waals surface area contributed by atoms with Gasteiger partial charge in [-0.3, -0.25) is 4.98 Å². The SMILES string of the molecule is CNc1cncc(N2CCSCC2)c1. The number of hydrogen-bond acceptors (Lipinski definition) is 4. The number of aromatic nitrogens is 1. The number of nitrogens with zero attached hydrogens (tertiary/aromatic N) is 2. The smallest absolute Gasteiger partial charge is 0.0574 e. The molecular weight excluding hydrogens is 194 g/mol. The Labute approximate surface area is 88.9 Å². The van der Waals surface area contributed by atoms with E-state index < -0.39 is 0 Å². The molecule has 0 unspecified atom stereocenters. The first-order chi connectivity index (χ1) is 6.90. The molecule has 0 atom stereocenters. The number of nitrogens with one attached hydrogen (secondary N) is 1. The predicted molar refractivity (Wildman–Crippen MR) is 63.3 cm³/mol. The van der Waals surface area contributed by atoms with Crippen molar-refractivity contribution >= 4 is 23.1 Å². The molecule has 0 aliphatic carbocycles. The minimum Gasteiger partial charge on any atom is -0.387 e. The summed E-state index contributed by atoms with van der Waals surface area (Å²) >= 11 is 2.03. The van der Waals surface area contributed by atoms with Gasteiger partial charge in [-0.2, -0.15) is 11.8 Å². The Balaban J connectivity index is 2.13. The molecule has 1 fully saturated rings. The maximum Gasteiger partial charge on any atom is 0.0574 e. The lowest BCUT2D eigenvalue weighted by molar-refractivity contribution is 0.855. The van der Waals surface area contributed by atoms with E-state index in [4.69, 9.17) is 0 Å². The van der Waals surface area contributed by atoms with Crippen molar-refractivity contribution in [3.63, 3.8) is 0 Å². The van der Waals surface area contributed by atoms with Crippen LogP contribution < -0.4 is 10.2 Å². The monoisotopic (exact) mass is 209 g/mol. The van der Waals surface area contributed by atoms with E-state index in [0.29, 0.717) is 0 Å². The van der Waals surface area contributed by atoms with Gasteiger partial charge in [-0.1, -0.05) is 0 Å². The van der Waals surface area contributed by atoms with Crippen LogP contribution in [0.2, 0.25) is 0 Å². The molecule has 4 heteroatoms. The Bertz CT molecular complexity index is 297. The van der Waals surface area contributed by atoms with Crippen molar-refractivity contribution in [2.45, 2.75) is 0 Å². The first kappa shape index (κ1) is 9.65. The Morgan fingerprint density at radius 3 is 2.86 bits per heavy atom. The summed E-state index contributed by atoms with van der Waals surface area (Å²) in [6, 6.07) is 2.16. The van der Waals surface area contributed by atoms with Crippen molar-refractivity contribution in [3.05, 3.63) is 18.5 Å². The molecule has 0 aromatic carbocycles. The third-order valence-electron chi connectivity index (χ3n) is 2.39. The molecule has 1 aliphatic rings. The fourth-order valence-corrected chi connectivity index (χ4v) is 2.46. The predicted octanol–water partition coefficient (Wildman–Crippen LogP) is 1.68. The number of thioether (sulfide) groups is 1. The molecule has 2 rings (SSSR count). The second-order valence-electron chi connectivity index (χ2n) is 3.28. The van der Waals surface area contributed by atoms with Gasteiger partial charge in [-0.25, -0.2) is 0 Å². The second kappa shape index (κ2) is 4.55. The molecule has 1 saturated heterocycles. The molecule has 3 nitrogen and oxygen atoms in total. The topological polar surface area (TPSA) is 28.2 Å². The molecule has 0 spiro atoms.